The number of rotatable bonds is 6. The summed E-state index contributed by atoms with van der Waals surface area (Å²) in [5, 5.41) is 11.2. The quantitative estimate of drug-likeness (QED) is 0.477. The molecule has 3 N–H and O–H groups in total. The van der Waals surface area contributed by atoms with Crippen molar-refractivity contribution in [3.8, 4) is 0 Å². The number of piperazine rings is 1. The van der Waals surface area contributed by atoms with Crippen LogP contribution in [-0.2, 0) is 0 Å². The van der Waals surface area contributed by atoms with E-state index in [-0.39, 0.29) is 11.8 Å². The van der Waals surface area contributed by atoms with Gasteiger partial charge in [-0.2, -0.15) is 0 Å². The Morgan fingerprint density at radius 2 is 1.82 bits per heavy atom. The van der Waals surface area contributed by atoms with Crippen LogP contribution >= 0.6 is 11.3 Å². The smallest absolute Gasteiger partial charge is 0.190 e. The summed E-state index contributed by atoms with van der Waals surface area (Å²) in [6.07, 6.45) is 9.63. The van der Waals surface area contributed by atoms with Gasteiger partial charge in [-0.05, 0) is 55.5 Å². The van der Waals surface area contributed by atoms with E-state index in [1.807, 2.05) is 18.5 Å². The van der Waals surface area contributed by atoms with Gasteiger partial charge in [-0.25, -0.2) is 9.97 Å². The van der Waals surface area contributed by atoms with Gasteiger partial charge in [0.25, 0.3) is 0 Å². The highest BCUT2D eigenvalue weighted by Crippen LogP contribution is 2.44. The number of hydrogen-bond donors (Lipinski definition) is 3. The van der Waals surface area contributed by atoms with Gasteiger partial charge in [0.15, 0.2) is 5.78 Å². The van der Waals surface area contributed by atoms with Gasteiger partial charge in [-0.3, -0.25) is 4.79 Å². The molecule has 1 unspecified atom stereocenters. The van der Waals surface area contributed by atoms with E-state index in [0.29, 0.717) is 5.92 Å². The second kappa shape index (κ2) is 9.00. The van der Waals surface area contributed by atoms with E-state index in [1.165, 1.54) is 36.6 Å². The normalized spacial score (nSPS) is 21.3. The van der Waals surface area contributed by atoms with Crippen LogP contribution in [0.15, 0.2) is 30.6 Å². The number of thiophene rings is 1. The molecule has 172 valence electrons. The predicted molar refractivity (Wildman–Crippen MR) is 134 cm³/mol. The molecule has 0 spiro atoms. The van der Waals surface area contributed by atoms with Crippen molar-refractivity contribution in [2.24, 2.45) is 0 Å². The minimum absolute atomic E-state index is 0.0119. The molecule has 33 heavy (non-hydrogen) atoms. The standard InChI is InChI=1S/C25H30N6OS/c32-24(19-7-8-27-19)25-23(16-3-1-2-4-16)18-13-22(29-15-20(18)33-25)30-21-6-5-17(14-28-21)31-11-9-26-10-12-31/h5-6,13-16,19,26-27H,1-4,7-12H2,(H,28,29,30). The van der Waals surface area contributed by atoms with Crippen LogP contribution in [0, 0.1) is 0 Å². The molecule has 0 radical (unpaired) electrons. The number of aromatic nitrogens is 2. The zero-order chi connectivity index (χ0) is 22.2. The Balaban J connectivity index is 1.29. The minimum atomic E-state index is -0.0119. The Labute approximate surface area is 198 Å². The zero-order valence-electron chi connectivity index (χ0n) is 18.8. The monoisotopic (exact) mass is 462 g/mol. The van der Waals surface area contributed by atoms with Gasteiger partial charge >= 0.3 is 0 Å². The first-order valence-electron chi connectivity index (χ1n) is 12.1. The molecule has 0 aromatic carbocycles. The molecule has 3 fully saturated rings. The fourth-order valence-electron chi connectivity index (χ4n) is 5.27. The van der Waals surface area contributed by atoms with Crippen LogP contribution in [-0.4, -0.2) is 54.5 Å². The number of anilines is 3. The maximum atomic E-state index is 13.2. The molecule has 1 saturated carbocycles. The number of fused-ring (bicyclic) bond motifs is 1. The first-order chi connectivity index (χ1) is 16.3. The van der Waals surface area contributed by atoms with Crippen molar-refractivity contribution < 1.29 is 4.79 Å². The van der Waals surface area contributed by atoms with Crippen molar-refractivity contribution in [1.82, 2.24) is 20.6 Å². The summed E-state index contributed by atoms with van der Waals surface area (Å²) in [4.78, 5) is 25.8. The van der Waals surface area contributed by atoms with Crippen LogP contribution in [0.5, 0.6) is 0 Å². The summed E-state index contributed by atoms with van der Waals surface area (Å²) in [5.41, 5.74) is 2.42. The summed E-state index contributed by atoms with van der Waals surface area (Å²) in [6.45, 7) is 4.97. The number of Topliss-reactive ketones (excluding diaryl/α,β-unsaturated/α-hetero) is 1. The van der Waals surface area contributed by atoms with E-state index < -0.39 is 0 Å². The number of carbonyl (C=O) groups is 1. The molecule has 3 aromatic rings. The topological polar surface area (TPSA) is 82.2 Å². The van der Waals surface area contributed by atoms with Crippen LogP contribution in [0.1, 0.15) is 53.3 Å². The maximum Gasteiger partial charge on any atom is 0.190 e. The lowest BCUT2D eigenvalue weighted by atomic mass is 9.91. The second-order valence-corrected chi connectivity index (χ2v) is 10.4. The Hall–Kier alpha value is -2.55. The van der Waals surface area contributed by atoms with Crippen molar-refractivity contribution >= 4 is 44.5 Å². The maximum absolute atomic E-state index is 13.2. The molecule has 3 aromatic heterocycles. The van der Waals surface area contributed by atoms with Gasteiger partial charge in [-0.1, -0.05) is 12.8 Å². The molecule has 5 heterocycles. The molecule has 0 bridgehead atoms. The van der Waals surface area contributed by atoms with Crippen LogP contribution in [0.25, 0.3) is 10.1 Å². The van der Waals surface area contributed by atoms with Gasteiger partial charge < -0.3 is 20.9 Å². The summed E-state index contributed by atoms with van der Waals surface area (Å²) in [7, 11) is 0. The van der Waals surface area contributed by atoms with Gasteiger partial charge in [0.1, 0.15) is 11.6 Å². The van der Waals surface area contributed by atoms with Crippen molar-refractivity contribution in [3.05, 3.63) is 41.0 Å². The van der Waals surface area contributed by atoms with Gasteiger partial charge in [0.2, 0.25) is 0 Å². The van der Waals surface area contributed by atoms with Crippen molar-refractivity contribution in [3.63, 3.8) is 0 Å². The molecular weight excluding hydrogens is 432 g/mol. The van der Waals surface area contributed by atoms with Crippen molar-refractivity contribution in [1.29, 1.82) is 0 Å². The first kappa shape index (κ1) is 21.0. The summed E-state index contributed by atoms with van der Waals surface area (Å²) >= 11 is 1.62. The fraction of sp³-hybridized carbons (Fsp3) is 0.480. The molecule has 2 saturated heterocycles. The third kappa shape index (κ3) is 4.11. The van der Waals surface area contributed by atoms with Gasteiger partial charge in [0, 0.05) is 37.8 Å². The second-order valence-electron chi connectivity index (χ2n) is 9.32. The van der Waals surface area contributed by atoms with Gasteiger partial charge in [-0.15, -0.1) is 11.3 Å². The first-order valence-corrected chi connectivity index (χ1v) is 13.0. The molecule has 2 aliphatic heterocycles. The average Bonchev–Trinajstić information content (AvgIpc) is 3.46. The Morgan fingerprint density at radius 3 is 2.52 bits per heavy atom. The highest BCUT2D eigenvalue weighted by atomic mass is 32.1. The molecule has 1 atom stereocenters. The Kier molecular flexibility index (Phi) is 5.73. The van der Waals surface area contributed by atoms with E-state index >= 15 is 0 Å². The number of pyridine rings is 2. The van der Waals surface area contributed by atoms with Crippen molar-refractivity contribution in [2.45, 2.75) is 44.1 Å². The predicted octanol–water partition coefficient (Wildman–Crippen LogP) is 4.05. The molecule has 7 nitrogen and oxygen atoms in total. The van der Waals surface area contributed by atoms with E-state index in [9.17, 15) is 4.79 Å². The molecular formula is C25H30N6OS. The Bertz CT molecular complexity index is 1140. The largest absolute Gasteiger partial charge is 0.368 e. The summed E-state index contributed by atoms with van der Waals surface area (Å²) in [6, 6.07) is 6.25. The SMILES string of the molecule is O=C(c1sc2cnc(Nc3ccc(N4CCNCC4)cn3)cc2c1C1CCCC1)C1CCN1. The van der Waals surface area contributed by atoms with Crippen LogP contribution < -0.4 is 20.9 Å². The fourth-order valence-corrected chi connectivity index (χ4v) is 6.50. The molecule has 1 aliphatic carbocycles. The number of ketones is 1. The summed E-state index contributed by atoms with van der Waals surface area (Å²) < 4.78 is 1.10. The molecule has 3 aliphatic rings. The van der Waals surface area contributed by atoms with E-state index in [4.69, 9.17) is 0 Å². The van der Waals surface area contributed by atoms with Gasteiger partial charge in [0.05, 0.1) is 27.5 Å². The number of hydrogen-bond acceptors (Lipinski definition) is 8. The van der Waals surface area contributed by atoms with E-state index in [1.54, 1.807) is 11.3 Å². The lowest BCUT2D eigenvalue weighted by Crippen LogP contribution is -2.48. The minimum Gasteiger partial charge on any atom is -0.368 e. The third-order valence-electron chi connectivity index (χ3n) is 7.23. The summed E-state index contributed by atoms with van der Waals surface area (Å²) in [5.74, 6) is 2.31. The molecule has 0 amide bonds. The molecule has 6 rings (SSSR count). The highest BCUT2D eigenvalue weighted by molar-refractivity contribution is 7.21. The van der Waals surface area contributed by atoms with Crippen LogP contribution in [0.2, 0.25) is 0 Å². The highest BCUT2D eigenvalue weighted by Gasteiger charge is 2.33. The average molecular weight is 463 g/mol. The van der Waals surface area contributed by atoms with Crippen molar-refractivity contribution in [2.75, 3.05) is 42.9 Å². The third-order valence-corrected chi connectivity index (χ3v) is 8.40. The molecule has 8 heteroatoms. The lowest BCUT2D eigenvalue weighted by Gasteiger charge is -2.29. The van der Waals surface area contributed by atoms with Crippen LogP contribution in [0.4, 0.5) is 17.3 Å². The van der Waals surface area contributed by atoms with E-state index in [0.717, 1.165) is 66.0 Å². The number of nitrogens with one attached hydrogen (secondary N) is 3. The number of carbonyl (C=O) groups excluding carboxylic acids is 1. The Morgan fingerprint density at radius 1 is 1.03 bits per heavy atom. The zero-order valence-corrected chi connectivity index (χ0v) is 19.6. The van der Waals surface area contributed by atoms with E-state index in [2.05, 4.69) is 43.0 Å². The lowest BCUT2D eigenvalue weighted by molar-refractivity contribution is 0.0907. The van der Waals surface area contributed by atoms with Crippen LogP contribution in [0.3, 0.4) is 0 Å². The number of nitrogens with zero attached hydrogens (tertiary/aromatic N) is 3.